The second kappa shape index (κ2) is 8.55. The number of nitrogens with zero attached hydrogens (tertiary/aromatic N) is 1. The Hall–Kier alpha value is -3.36. The van der Waals surface area contributed by atoms with Gasteiger partial charge < -0.3 is 25.0 Å². The number of halogens is 2. The summed E-state index contributed by atoms with van der Waals surface area (Å²) in [6, 6.07) is 11.8. The maximum Gasteiger partial charge on any atom is 0.387 e. The van der Waals surface area contributed by atoms with Gasteiger partial charge in [-0.1, -0.05) is 6.07 Å². The summed E-state index contributed by atoms with van der Waals surface area (Å²) in [6.07, 6.45) is 0.172. The number of carbonyl (C=O) groups is 2. The maximum atomic E-state index is 12.3. The van der Waals surface area contributed by atoms with Crippen LogP contribution in [0.5, 0.6) is 11.5 Å². The monoisotopic (exact) mass is 391 g/mol. The van der Waals surface area contributed by atoms with Crippen LogP contribution in [0, 0.1) is 0 Å². The Morgan fingerprint density at radius 2 is 1.93 bits per heavy atom. The number of ether oxygens (including phenoxy) is 2. The molecule has 0 unspecified atom stereocenters. The number of rotatable bonds is 6. The van der Waals surface area contributed by atoms with E-state index in [4.69, 9.17) is 4.74 Å². The van der Waals surface area contributed by atoms with E-state index in [2.05, 4.69) is 15.4 Å². The van der Waals surface area contributed by atoms with Gasteiger partial charge >= 0.3 is 12.6 Å². The lowest BCUT2D eigenvalue weighted by Crippen LogP contribution is -2.39. The minimum absolute atomic E-state index is 0.00345. The number of amides is 3. The first-order chi connectivity index (χ1) is 13.4. The SMILES string of the molecule is COc1cccc(N2C[C@@H](NC(=O)Nc3ccc(OC(F)F)cc3)CC2=O)c1. The van der Waals surface area contributed by atoms with Crippen molar-refractivity contribution in [3.05, 3.63) is 48.5 Å². The predicted octanol–water partition coefficient (Wildman–Crippen LogP) is 3.22. The topological polar surface area (TPSA) is 79.9 Å². The van der Waals surface area contributed by atoms with E-state index in [0.29, 0.717) is 23.7 Å². The van der Waals surface area contributed by atoms with Crippen molar-refractivity contribution in [2.24, 2.45) is 0 Å². The van der Waals surface area contributed by atoms with Gasteiger partial charge in [0.05, 0.1) is 13.2 Å². The molecule has 1 saturated heterocycles. The second-order valence-electron chi connectivity index (χ2n) is 6.11. The third kappa shape index (κ3) is 4.87. The number of methoxy groups -OCH3 is 1. The van der Waals surface area contributed by atoms with Crippen molar-refractivity contribution in [2.45, 2.75) is 19.1 Å². The Kier molecular flexibility index (Phi) is 5.93. The minimum atomic E-state index is -2.91. The van der Waals surface area contributed by atoms with Crippen molar-refractivity contribution >= 4 is 23.3 Å². The molecule has 2 aromatic carbocycles. The summed E-state index contributed by atoms with van der Waals surface area (Å²) in [5, 5.41) is 5.33. The number of carbonyl (C=O) groups excluding carboxylic acids is 2. The fourth-order valence-corrected chi connectivity index (χ4v) is 2.90. The van der Waals surface area contributed by atoms with Crippen LogP contribution in [0.25, 0.3) is 0 Å². The fourth-order valence-electron chi connectivity index (χ4n) is 2.90. The lowest BCUT2D eigenvalue weighted by atomic mass is 10.2. The highest BCUT2D eigenvalue weighted by molar-refractivity contribution is 5.97. The molecule has 0 saturated carbocycles. The van der Waals surface area contributed by atoms with Crippen LogP contribution >= 0.6 is 0 Å². The summed E-state index contributed by atoms with van der Waals surface area (Å²) in [6.45, 7) is -2.57. The van der Waals surface area contributed by atoms with E-state index in [1.807, 2.05) is 0 Å². The van der Waals surface area contributed by atoms with E-state index in [-0.39, 0.29) is 24.1 Å². The molecule has 3 amide bonds. The summed E-state index contributed by atoms with van der Waals surface area (Å²) < 4.78 is 33.7. The summed E-state index contributed by atoms with van der Waals surface area (Å²) in [7, 11) is 1.55. The molecule has 148 valence electrons. The molecular formula is C19H19F2N3O4. The van der Waals surface area contributed by atoms with Crippen molar-refractivity contribution in [3.8, 4) is 11.5 Å². The van der Waals surface area contributed by atoms with Crippen molar-refractivity contribution < 1.29 is 27.8 Å². The van der Waals surface area contributed by atoms with E-state index in [9.17, 15) is 18.4 Å². The Morgan fingerprint density at radius 1 is 1.18 bits per heavy atom. The van der Waals surface area contributed by atoms with Crippen LogP contribution < -0.4 is 25.0 Å². The number of benzene rings is 2. The van der Waals surface area contributed by atoms with Gasteiger partial charge in [-0.2, -0.15) is 8.78 Å². The molecule has 0 bridgehead atoms. The molecule has 28 heavy (non-hydrogen) atoms. The van der Waals surface area contributed by atoms with Crippen LogP contribution in [-0.2, 0) is 4.79 Å². The first-order valence-electron chi connectivity index (χ1n) is 8.51. The lowest BCUT2D eigenvalue weighted by molar-refractivity contribution is -0.117. The van der Waals surface area contributed by atoms with Gasteiger partial charge in [0.25, 0.3) is 0 Å². The molecule has 0 aliphatic carbocycles. The molecule has 1 heterocycles. The number of hydrogen-bond donors (Lipinski definition) is 2. The van der Waals surface area contributed by atoms with Crippen LogP contribution in [0.15, 0.2) is 48.5 Å². The Labute approximate surface area is 160 Å². The maximum absolute atomic E-state index is 12.3. The molecule has 2 N–H and O–H groups in total. The number of anilines is 2. The zero-order chi connectivity index (χ0) is 20.1. The molecule has 2 aromatic rings. The fraction of sp³-hybridized carbons (Fsp3) is 0.263. The molecule has 7 nitrogen and oxygen atoms in total. The highest BCUT2D eigenvalue weighted by Crippen LogP contribution is 2.25. The van der Waals surface area contributed by atoms with Crippen molar-refractivity contribution in [1.82, 2.24) is 5.32 Å². The zero-order valence-electron chi connectivity index (χ0n) is 15.0. The largest absolute Gasteiger partial charge is 0.497 e. The summed E-state index contributed by atoms with van der Waals surface area (Å²) in [5.41, 5.74) is 1.11. The third-order valence-corrected chi connectivity index (χ3v) is 4.16. The highest BCUT2D eigenvalue weighted by atomic mass is 19.3. The Bertz CT molecular complexity index is 845. The van der Waals surface area contributed by atoms with E-state index in [1.54, 1.807) is 36.3 Å². The molecule has 9 heteroatoms. The number of nitrogens with one attached hydrogen (secondary N) is 2. The minimum Gasteiger partial charge on any atom is -0.497 e. The number of alkyl halides is 2. The van der Waals surface area contributed by atoms with Gasteiger partial charge in [-0.25, -0.2) is 4.79 Å². The molecule has 0 aromatic heterocycles. The Morgan fingerprint density at radius 3 is 2.61 bits per heavy atom. The van der Waals surface area contributed by atoms with E-state index >= 15 is 0 Å². The van der Waals surface area contributed by atoms with E-state index in [0.717, 1.165) is 0 Å². The van der Waals surface area contributed by atoms with Gasteiger partial charge in [0.2, 0.25) is 5.91 Å². The van der Waals surface area contributed by atoms with Gasteiger partial charge in [-0.15, -0.1) is 0 Å². The molecule has 0 radical (unpaired) electrons. The van der Waals surface area contributed by atoms with Crippen molar-refractivity contribution in [2.75, 3.05) is 23.9 Å². The number of hydrogen-bond acceptors (Lipinski definition) is 4. The Balaban J connectivity index is 1.55. The van der Waals surface area contributed by atoms with Crippen LogP contribution in [-0.4, -0.2) is 38.2 Å². The van der Waals surface area contributed by atoms with Gasteiger partial charge in [0.15, 0.2) is 0 Å². The highest BCUT2D eigenvalue weighted by Gasteiger charge is 2.31. The molecule has 1 aliphatic rings. The van der Waals surface area contributed by atoms with Crippen molar-refractivity contribution in [3.63, 3.8) is 0 Å². The van der Waals surface area contributed by atoms with Gasteiger partial charge in [0.1, 0.15) is 11.5 Å². The number of urea groups is 1. The first kappa shape index (κ1) is 19.4. The van der Waals surface area contributed by atoms with Crippen LogP contribution in [0.2, 0.25) is 0 Å². The average molecular weight is 391 g/mol. The van der Waals surface area contributed by atoms with Gasteiger partial charge in [-0.05, 0) is 36.4 Å². The summed E-state index contributed by atoms with van der Waals surface area (Å²) in [5.74, 6) is 0.530. The molecule has 3 rings (SSSR count). The van der Waals surface area contributed by atoms with Crippen LogP contribution in [0.4, 0.5) is 25.0 Å². The van der Waals surface area contributed by atoms with Gasteiger partial charge in [0, 0.05) is 30.4 Å². The summed E-state index contributed by atoms with van der Waals surface area (Å²) in [4.78, 5) is 26.0. The van der Waals surface area contributed by atoms with Crippen LogP contribution in [0.1, 0.15) is 6.42 Å². The third-order valence-electron chi connectivity index (χ3n) is 4.16. The molecule has 1 fully saturated rings. The first-order valence-corrected chi connectivity index (χ1v) is 8.51. The van der Waals surface area contributed by atoms with Crippen molar-refractivity contribution in [1.29, 1.82) is 0 Å². The smallest absolute Gasteiger partial charge is 0.387 e. The van der Waals surface area contributed by atoms with E-state index < -0.39 is 12.6 Å². The molecule has 1 aliphatic heterocycles. The standard InChI is InChI=1S/C19H19F2N3O4/c1-27-16-4-2-3-14(10-16)24-11-13(9-17(24)25)23-19(26)22-12-5-7-15(8-6-12)28-18(20)21/h2-8,10,13,18H,9,11H2,1H3,(H2,22,23,26)/t13-/m0/s1. The average Bonchev–Trinajstić information content (AvgIpc) is 3.03. The predicted molar refractivity (Wildman–Crippen MR) is 99.0 cm³/mol. The van der Waals surface area contributed by atoms with Crippen LogP contribution in [0.3, 0.4) is 0 Å². The summed E-state index contributed by atoms with van der Waals surface area (Å²) >= 11 is 0. The normalized spacial score (nSPS) is 16.2. The second-order valence-corrected chi connectivity index (χ2v) is 6.11. The molecule has 0 spiro atoms. The quantitative estimate of drug-likeness (QED) is 0.793. The van der Waals surface area contributed by atoms with Gasteiger partial charge in [-0.3, -0.25) is 4.79 Å². The lowest BCUT2D eigenvalue weighted by Gasteiger charge is -2.18. The zero-order valence-corrected chi connectivity index (χ0v) is 15.0. The molecular weight excluding hydrogens is 372 g/mol. The van der Waals surface area contributed by atoms with E-state index in [1.165, 1.54) is 24.3 Å². The molecule has 1 atom stereocenters.